The van der Waals surface area contributed by atoms with Crippen molar-refractivity contribution in [3.63, 3.8) is 0 Å². The molecule has 0 aliphatic carbocycles. The van der Waals surface area contributed by atoms with Crippen LogP contribution < -0.4 is 16.0 Å². The van der Waals surface area contributed by atoms with Crippen LogP contribution >= 0.6 is 11.6 Å². The van der Waals surface area contributed by atoms with Crippen LogP contribution in [-0.2, 0) is 14.3 Å². The number of benzene rings is 3. The van der Waals surface area contributed by atoms with Crippen molar-refractivity contribution in [3.05, 3.63) is 95.0 Å². The molecule has 0 saturated carbocycles. The summed E-state index contributed by atoms with van der Waals surface area (Å²) in [6, 6.07) is 22.0. The fourth-order valence-electron chi connectivity index (χ4n) is 5.04. The lowest BCUT2D eigenvalue weighted by Gasteiger charge is -2.31. The largest absolute Gasteiger partial charge is 0.444 e. The SMILES string of the molecule is CC(C)(C)OC(=O)Nc1ccccc1NC(=O)C=Cc1ccc(C2CN(C(C)(C)C)CC2C(=O)Nc2ccc(Cl)cc2)cc1. The average molecular weight is 617 g/mol. The van der Waals surface area contributed by atoms with E-state index in [1.807, 2.05) is 24.3 Å². The molecule has 0 radical (unpaired) electrons. The minimum Gasteiger partial charge on any atom is -0.444 e. The lowest BCUT2D eigenvalue weighted by atomic mass is 9.88. The maximum Gasteiger partial charge on any atom is 0.412 e. The summed E-state index contributed by atoms with van der Waals surface area (Å²) in [4.78, 5) is 40.8. The van der Waals surface area contributed by atoms with Crippen molar-refractivity contribution in [1.29, 1.82) is 0 Å². The van der Waals surface area contributed by atoms with Gasteiger partial charge in [0.15, 0.2) is 0 Å². The summed E-state index contributed by atoms with van der Waals surface area (Å²) in [5, 5.41) is 9.17. The molecule has 3 amide bonds. The number of amides is 3. The number of halogens is 1. The van der Waals surface area contributed by atoms with Gasteiger partial charge in [-0.3, -0.25) is 19.8 Å². The molecule has 9 heteroatoms. The van der Waals surface area contributed by atoms with E-state index in [2.05, 4.69) is 41.6 Å². The Morgan fingerprint density at radius 2 is 1.43 bits per heavy atom. The van der Waals surface area contributed by atoms with Crippen molar-refractivity contribution in [2.24, 2.45) is 5.92 Å². The number of carbonyl (C=O) groups is 3. The molecule has 3 aromatic carbocycles. The van der Waals surface area contributed by atoms with Gasteiger partial charge < -0.3 is 15.4 Å². The van der Waals surface area contributed by atoms with Gasteiger partial charge in [0.1, 0.15) is 5.60 Å². The molecule has 3 N–H and O–H groups in total. The Morgan fingerprint density at radius 1 is 0.818 bits per heavy atom. The Morgan fingerprint density at radius 3 is 2.02 bits per heavy atom. The van der Waals surface area contributed by atoms with Crippen LogP contribution in [0.1, 0.15) is 58.6 Å². The summed E-state index contributed by atoms with van der Waals surface area (Å²) >= 11 is 6.01. The minimum absolute atomic E-state index is 0.0110. The third kappa shape index (κ3) is 9.18. The Balaban J connectivity index is 1.43. The molecule has 1 aliphatic heterocycles. The van der Waals surface area contributed by atoms with Gasteiger partial charge >= 0.3 is 6.09 Å². The molecule has 0 spiro atoms. The molecular weight excluding hydrogens is 576 g/mol. The predicted octanol–water partition coefficient (Wildman–Crippen LogP) is 7.79. The van der Waals surface area contributed by atoms with Crippen LogP contribution in [0.5, 0.6) is 0 Å². The molecule has 4 rings (SSSR count). The van der Waals surface area contributed by atoms with Crippen LogP contribution in [0, 0.1) is 5.92 Å². The topological polar surface area (TPSA) is 99.8 Å². The van der Waals surface area contributed by atoms with Crippen LogP contribution in [0.3, 0.4) is 0 Å². The maximum absolute atomic E-state index is 13.4. The van der Waals surface area contributed by atoms with Crippen LogP contribution in [-0.4, -0.2) is 47.0 Å². The molecule has 0 aromatic heterocycles. The standard InChI is InChI=1S/C35H41ClN4O4/c1-34(2,3)40-21-27(28(22-40)32(42)37-26-18-16-25(36)17-19-26)24-14-11-23(12-15-24)13-20-31(41)38-29-9-7-8-10-30(29)39-33(43)44-35(4,5)6/h7-20,27-28H,21-22H2,1-6H3,(H,37,42)(H,38,41)(H,39,43). The Hall–Kier alpha value is -4.14. The summed E-state index contributed by atoms with van der Waals surface area (Å²) in [7, 11) is 0. The number of rotatable bonds is 7. The molecule has 2 unspecified atom stereocenters. The molecule has 8 nitrogen and oxygen atoms in total. The fourth-order valence-corrected chi connectivity index (χ4v) is 5.16. The smallest absolute Gasteiger partial charge is 0.412 e. The summed E-state index contributed by atoms with van der Waals surface area (Å²) < 4.78 is 5.32. The highest BCUT2D eigenvalue weighted by atomic mass is 35.5. The molecule has 3 aromatic rings. The molecule has 1 fully saturated rings. The Bertz CT molecular complexity index is 1510. The first-order chi connectivity index (χ1) is 20.7. The van der Waals surface area contributed by atoms with Gasteiger partial charge in [-0.1, -0.05) is 48.0 Å². The molecule has 0 bridgehead atoms. The van der Waals surface area contributed by atoms with Crippen LogP contribution in [0.4, 0.5) is 21.9 Å². The van der Waals surface area contributed by atoms with Gasteiger partial charge in [-0.15, -0.1) is 0 Å². The van der Waals surface area contributed by atoms with E-state index in [0.29, 0.717) is 22.9 Å². The molecule has 1 aliphatic rings. The maximum atomic E-state index is 13.4. The van der Waals surface area contributed by atoms with Gasteiger partial charge in [-0.05, 0) is 95.1 Å². The molecule has 1 heterocycles. The lowest BCUT2D eigenvalue weighted by molar-refractivity contribution is -0.120. The quantitative estimate of drug-likeness (QED) is 0.235. The van der Waals surface area contributed by atoms with Crippen molar-refractivity contribution < 1.29 is 19.1 Å². The highest BCUT2D eigenvalue weighted by Gasteiger charge is 2.42. The third-order valence-electron chi connectivity index (χ3n) is 7.33. The highest BCUT2D eigenvalue weighted by molar-refractivity contribution is 6.30. The van der Waals surface area contributed by atoms with E-state index in [1.165, 1.54) is 6.08 Å². The number of carbonyl (C=O) groups excluding carboxylic acids is 3. The number of ether oxygens (including phenoxy) is 1. The zero-order valence-electron chi connectivity index (χ0n) is 26.1. The second-order valence-corrected chi connectivity index (χ2v) is 13.4. The van der Waals surface area contributed by atoms with E-state index in [0.717, 1.165) is 23.4 Å². The van der Waals surface area contributed by atoms with Gasteiger partial charge in [0.05, 0.1) is 17.3 Å². The van der Waals surface area contributed by atoms with Crippen LogP contribution in [0.25, 0.3) is 6.08 Å². The molecule has 44 heavy (non-hydrogen) atoms. The second kappa shape index (κ2) is 13.7. The first kappa shape index (κ1) is 32.8. The van der Waals surface area contributed by atoms with Crippen molar-refractivity contribution >= 4 is 52.6 Å². The normalized spacial score (nSPS) is 17.3. The highest BCUT2D eigenvalue weighted by Crippen LogP contribution is 2.37. The first-order valence-electron chi connectivity index (χ1n) is 14.7. The van der Waals surface area contributed by atoms with E-state index < -0.39 is 11.7 Å². The van der Waals surface area contributed by atoms with E-state index in [1.54, 1.807) is 75.4 Å². The summed E-state index contributed by atoms with van der Waals surface area (Å²) in [5.41, 5.74) is 2.79. The number of hydrogen-bond donors (Lipinski definition) is 3. The number of likely N-dealkylation sites (tertiary alicyclic amines) is 1. The molecular formula is C35H41ClN4O4. The van der Waals surface area contributed by atoms with Crippen molar-refractivity contribution in [1.82, 2.24) is 4.90 Å². The Kier molecular flexibility index (Phi) is 10.2. The second-order valence-electron chi connectivity index (χ2n) is 12.9. The van der Waals surface area contributed by atoms with Crippen LogP contribution in [0.2, 0.25) is 5.02 Å². The van der Waals surface area contributed by atoms with Gasteiger partial charge in [0, 0.05) is 41.3 Å². The van der Waals surface area contributed by atoms with E-state index in [4.69, 9.17) is 16.3 Å². The van der Waals surface area contributed by atoms with E-state index in [-0.39, 0.29) is 29.2 Å². The minimum atomic E-state index is -0.644. The monoisotopic (exact) mass is 616 g/mol. The summed E-state index contributed by atoms with van der Waals surface area (Å²) in [5.74, 6) is -0.586. The Labute approximate surface area is 264 Å². The average Bonchev–Trinajstić information content (AvgIpc) is 3.40. The predicted molar refractivity (Wildman–Crippen MR) is 178 cm³/mol. The van der Waals surface area contributed by atoms with Gasteiger partial charge in [-0.25, -0.2) is 4.79 Å². The number of nitrogens with zero attached hydrogens (tertiary/aromatic N) is 1. The molecule has 1 saturated heterocycles. The van der Waals surface area contributed by atoms with Crippen molar-refractivity contribution in [2.75, 3.05) is 29.0 Å². The fraction of sp³-hybridized carbons (Fsp3) is 0.343. The zero-order valence-corrected chi connectivity index (χ0v) is 26.9. The van der Waals surface area contributed by atoms with Crippen LogP contribution in [0.15, 0.2) is 78.9 Å². The van der Waals surface area contributed by atoms with E-state index in [9.17, 15) is 14.4 Å². The third-order valence-corrected chi connectivity index (χ3v) is 7.58. The van der Waals surface area contributed by atoms with Gasteiger partial charge in [-0.2, -0.15) is 0 Å². The number of hydrogen-bond acceptors (Lipinski definition) is 5. The van der Waals surface area contributed by atoms with E-state index >= 15 is 0 Å². The zero-order chi connectivity index (χ0) is 32.1. The first-order valence-corrected chi connectivity index (χ1v) is 15.1. The van der Waals surface area contributed by atoms with Gasteiger partial charge in [0.25, 0.3) is 0 Å². The van der Waals surface area contributed by atoms with Crippen molar-refractivity contribution in [3.8, 4) is 0 Å². The van der Waals surface area contributed by atoms with Crippen molar-refractivity contribution in [2.45, 2.75) is 58.6 Å². The number of nitrogens with one attached hydrogen (secondary N) is 3. The number of anilines is 3. The van der Waals surface area contributed by atoms with Gasteiger partial charge in [0.2, 0.25) is 11.8 Å². The summed E-state index contributed by atoms with van der Waals surface area (Å²) in [6.45, 7) is 13.2. The number of para-hydroxylation sites is 2. The lowest BCUT2D eigenvalue weighted by Crippen LogP contribution is -2.40. The molecule has 2 atom stereocenters. The molecule has 232 valence electrons. The summed E-state index contributed by atoms with van der Waals surface area (Å²) in [6.07, 6.45) is 2.56.